The molecule has 24 heavy (non-hydrogen) atoms. The molecule has 1 aromatic carbocycles. The van der Waals surface area contributed by atoms with Crippen molar-refractivity contribution in [3.63, 3.8) is 0 Å². The van der Waals surface area contributed by atoms with Gasteiger partial charge in [-0.05, 0) is 18.2 Å². The van der Waals surface area contributed by atoms with Crippen LogP contribution in [-0.4, -0.2) is 23.0 Å². The molecule has 2 heterocycles. The third-order valence-electron chi connectivity index (χ3n) is 3.49. The van der Waals surface area contributed by atoms with Crippen LogP contribution in [0, 0.1) is 11.3 Å². The highest BCUT2D eigenvalue weighted by Crippen LogP contribution is 2.21. The Bertz CT molecular complexity index is 949. The number of H-pyrrole nitrogens is 1. The lowest BCUT2D eigenvalue weighted by Gasteiger charge is -2.04. The maximum absolute atomic E-state index is 12.3. The van der Waals surface area contributed by atoms with Crippen LogP contribution >= 0.6 is 0 Å². The minimum absolute atomic E-state index is 0.00979. The first kappa shape index (κ1) is 15.3. The molecule has 3 rings (SSSR count). The van der Waals surface area contributed by atoms with Crippen LogP contribution in [0.2, 0.25) is 0 Å². The molecule has 0 saturated carbocycles. The maximum atomic E-state index is 12.3. The number of carbonyl (C=O) groups is 1. The fourth-order valence-electron chi connectivity index (χ4n) is 2.29. The summed E-state index contributed by atoms with van der Waals surface area (Å²) >= 11 is 0. The van der Waals surface area contributed by atoms with Crippen LogP contribution in [0.3, 0.4) is 0 Å². The highest BCUT2D eigenvalue weighted by atomic mass is 16.5. The number of amides is 1. The Balaban J connectivity index is 1.84. The Kier molecular flexibility index (Phi) is 4.25. The summed E-state index contributed by atoms with van der Waals surface area (Å²) in [6, 6.07) is 12.9. The molecule has 0 bridgehead atoms. The first-order valence-corrected chi connectivity index (χ1v) is 7.20. The first-order chi connectivity index (χ1) is 11.7. The van der Waals surface area contributed by atoms with E-state index in [0.717, 1.165) is 16.5 Å². The topological polar surface area (TPSA) is 90.8 Å². The van der Waals surface area contributed by atoms with Crippen LogP contribution in [0.15, 0.2) is 54.4 Å². The lowest BCUT2D eigenvalue weighted by molar-refractivity contribution is -0.112. The van der Waals surface area contributed by atoms with Gasteiger partial charge in [0.25, 0.3) is 5.91 Å². The van der Waals surface area contributed by atoms with Gasteiger partial charge in [-0.2, -0.15) is 5.26 Å². The summed E-state index contributed by atoms with van der Waals surface area (Å²) in [5.41, 5.74) is 2.22. The number of anilines is 1. The predicted molar refractivity (Wildman–Crippen MR) is 91.3 cm³/mol. The Morgan fingerprint density at radius 1 is 1.33 bits per heavy atom. The number of nitrogens with zero attached hydrogens (tertiary/aromatic N) is 2. The molecule has 0 aliphatic rings. The Hall–Kier alpha value is -3.59. The predicted octanol–water partition coefficient (Wildman–Crippen LogP) is 3.12. The molecule has 118 valence electrons. The minimum Gasteiger partial charge on any atom is -0.481 e. The average Bonchev–Trinajstić information content (AvgIpc) is 3.03. The summed E-state index contributed by atoms with van der Waals surface area (Å²) in [6.07, 6.45) is 4.80. The second-order valence-electron chi connectivity index (χ2n) is 5.00. The lowest BCUT2D eigenvalue weighted by atomic mass is 10.1. The summed E-state index contributed by atoms with van der Waals surface area (Å²) in [6.45, 7) is 0. The summed E-state index contributed by atoms with van der Waals surface area (Å²) in [5, 5.41) is 12.9. The van der Waals surface area contributed by atoms with E-state index in [1.54, 1.807) is 24.4 Å². The number of aromatic nitrogens is 2. The van der Waals surface area contributed by atoms with E-state index in [0.29, 0.717) is 11.6 Å². The smallest absolute Gasteiger partial charge is 0.266 e. The molecule has 0 unspecified atom stereocenters. The number of hydrogen-bond acceptors (Lipinski definition) is 4. The van der Waals surface area contributed by atoms with Crippen molar-refractivity contribution >= 4 is 28.6 Å². The summed E-state index contributed by atoms with van der Waals surface area (Å²) < 4.78 is 4.96. The van der Waals surface area contributed by atoms with E-state index in [1.165, 1.54) is 13.3 Å². The number of carbonyl (C=O) groups excluding carboxylic acids is 1. The fraction of sp³-hybridized carbons (Fsp3) is 0.0556. The molecule has 6 heteroatoms. The van der Waals surface area contributed by atoms with Crippen molar-refractivity contribution in [2.75, 3.05) is 12.4 Å². The molecule has 0 aliphatic carbocycles. The molecule has 0 saturated heterocycles. The van der Waals surface area contributed by atoms with E-state index in [1.807, 2.05) is 30.3 Å². The molecule has 1 amide bonds. The lowest BCUT2D eigenvalue weighted by Crippen LogP contribution is -2.13. The fourth-order valence-corrected chi connectivity index (χ4v) is 2.29. The van der Waals surface area contributed by atoms with Crippen LogP contribution in [0.1, 0.15) is 5.56 Å². The SMILES string of the molecule is COc1ccc(NC(=O)C(C#N)=Cc2c[nH]c3ccccc23)cn1. The number of nitriles is 1. The number of hydrogen-bond donors (Lipinski definition) is 2. The highest BCUT2D eigenvalue weighted by molar-refractivity contribution is 6.10. The van der Waals surface area contributed by atoms with Gasteiger partial charge < -0.3 is 15.0 Å². The highest BCUT2D eigenvalue weighted by Gasteiger charge is 2.11. The number of ether oxygens (including phenoxy) is 1. The second kappa shape index (κ2) is 6.67. The largest absolute Gasteiger partial charge is 0.481 e. The molecule has 0 atom stereocenters. The summed E-state index contributed by atoms with van der Waals surface area (Å²) in [5.74, 6) is -0.0439. The molecule has 6 nitrogen and oxygen atoms in total. The van der Waals surface area contributed by atoms with Crippen LogP contribution < -0.4 is 10.1 Å². The van der Waals surface area contributed by atoms with Crippen LogP contribution in [-0.2, 0) is 4.79 Å². The van der Waals surface area contributed by atoms with Crippen LogP contribution in [0.5, 0.6) is 5.88 Å². The Labute approximate surface area is 138 Å². The summed E-state index contributed by atoms with van der Waals surface area (Å²) in [7, 11) is 1.51. The van der Waals surface area contributed by atoms with Crippen molar-refractivity contribution in [2.24, 2.45) is 0 Å². The molecule has 0 radical (unpaired) electrons. The van der Waals surface area contributed by atoms with Gasteiger partial charge in [-0.25, -0.2) is 4.98 Å². The van der Waals surface area contributed by atoms with Crippen molar-refractivity contribution in [3.05, 3.63) is 59.9 Å². The minimum atomic E-state index is -0.491. The van der Waals surface area contributed by atoms with Gasteiger partial charge in [0.05, 0.1) is 19.0 Å². The van der Waals surface area contributed by atoms with Gasteiger partial charge in [-0.15, -0.1) is 0 Å². The van der Waals surface area contributed by atoms with E-state index >= 15 is 0 Å². The van der Waals surface area contributed by atoms with E-state index in [4.69, 9.17) is 4.74 Å². The first-order valence-electron chi connectivity index (χ1n) is 7.20. The monoisotopic (exact) mass is 318 g/mol. The number of rotatable bonds is 4. The molecule has 0 aliphatic heterocycles. The number of fused-ring (bicyclic) bond motifs is 1. The second-order valence-corrected chi connectivity index (χ2v) is 5.00. The van der Waals surface area contributed by atoms with E-state index in [-0.39, 0.29) is 5.57 Å². The molecular formula is C18H14N4O2. The van der Waals surface area contributed by atoms with E-state index < -0.39 is 5.91 Å². The van der Waals surface area contributed by atoms with E-state index in [2.05, 4.69) is 15.3 Å². The molecule has 2 aromatic heterocycles. The number of methoxy groups -OCH3 is 1. The molecule has 0 spiro atoms. The molecular weight excluding hydrogens is 304 g/mol. The van der Waals surface area contributed by atoms with Gasteiger partial charge in [0.15, 0.2) is 0 Å². The van der Waals surface area contributed by atoms with Crippen molar-refractivity contribution in [2.45, 2.75) is 0 Å². The van der Waals surface area contributed by atoms with Gasteiger partial charge >= 0.3 is 0 Å². The standard InChI is InChI=1S/C18H14N4O2/c1-24-17-7-6-14(11-21-17)22-18(23)12(9-19)8-13-10-20-16-5-3-2-4-15(13)16/h2-8,10-11,20H,1H3,(H,22,23). The van der Waals surface area contributed by atoms with Gasteiger partial charge in [-0.3, -0.25) is 4.79 Å². The molecule has 3 aromatic rings. The third-order valence-corrected chi connectivity index (χ3v) is 3.49. The zero-order valence-electron chi connectivity index (χ0n) is 12.9. The summed E-state index contributed by atoms with van der Waals surface area (Å²) in [4.78, 5) is 19.4. The average molecular weight is 318 g/mol. The Morgan fingerprint density at radius 3 is 2.88 bits per heavy atom. The quantitative estimate of drug-likeness (QED) is 0.571. The Morgan fingerprint density at radius 2 is 2.17 bits per heavy atom. The number of nitrogens with one attached hydrogen (secondary N) is 2. The van der Waals surface area contributed by atoms with Crippen molar-refractivity contribution in [1.29, 1.82) is 5.26 Å². The zero-order valence-corrected chi connectivity index (χ0v) is 12.9. The van der Waals surface area contributed by atoms with Crippen molar-refractivity contribution < 1.29 is 9.53 Å². The number of para-hydroxylation sites is 1. The van der Waals surface area contributed by atoms with E-state index in [9.17, 15) is 10.1 Å². The number of benzene rings is 1. The van der Waals surface area contributed by atoms with Gasteiger partial charge in [0.2, 0.25) is 5.88 Å². The number of aromatic amines is 1. The van der Waals surface area contributed by atoms with Crippen molar-refractivity contribution in [1.82, 2.24) is 9.97 Å². The van der Waals surface area contributed by atoms with Gasteiger partial charge in [0.1, 0.15) is 11.6 Å². The molecule has 0 fully saturated rings. The normalized spacial score (nSPS) is 11.1. The third kappa shape index (κ3) is 3.10. The molecule has 2 N–H and O–H groups in total. The van der Waals surface area contributed by atoms with Gasteiger partial charge in [0, 0.05) is 28.7 Å². The van der Waals surface area contributed by atoms with Gasteiger partial charge in [-0.1, -0.05) is 18.2 Å². The number of pyridine rings is 1. The maximum Gasteiger partial charge on any atom is 0.266 e. The van der Waals surface area contributed by atoms with Crippen molar-refractivity contribution in [3.8, 4) is 11.9 Å². The van der Waals surface area contributed by atoms with Crippen LogP contribution in [0.4, 0.5) is 5.69 Å². The zero-order chi connectivity index (χ0) is 16.9. The van der Waals surface area contributed by atoms with Crippen LogP contribution in [0.25, 0.3) is 17.0 Å².